The molecule has 0 aliphatic heterocycles. The highest BCUT2D eigenvalue weighted by Crippen LogP contribution is 2.62. The van der Waals surface area contributed by atoms with Gasteiger partial charge < -0.3 is 10.4 Å². The summed E-state index contributed by atoms with van der Waals surface area (Å²) in [6.07, 6.45) is 7.97. The molecule has 1 atom stereocenters. The molecule has 4 saturated carbocycles. The number of aliphatic carboxylic acids is 1. The Balaban J connectivity index is 1.93. The summed E-state index contributed by atoms with van der Waals surface area (Å²) < 4.78 is 0. The molecule has 3 nitrogen and oxygen atoms in total. The zero-order valence-electron chi connectivity index (χ0n) is 12.4. The number of carboxylic acids is 1. The molecule has 0 amide bonds. The van der Waals surface area contributed by atoms with E-state index in [1.807, 2.05) is 20.9 Å². The van der Waals surface area contributed by atoms with Crippen LogP contribution in [-0.2, 0) is 4.79 Å². The summed E-state index contributed by atoms with van der Waals surface area (Å²) >= 11 is 0. The molecule has 1 unspecified atom stereocenters. The molecule has 0 aromatic heterocycles. The molecule has 4 aliphatic rings. The van der Waals surface area contributed by atoms with Gasteiger partial charge in [0.25, 0.3) is 0 Å². The van der Waals surface area contributed by atoms with Crippen molar-refractivity contribution in [2.24, 2.45) is 28.6 Å². The Kier molecular flexibility index (Phi) is 2.97. The monoisotopic (exact) mass is 265 g/mol. The quantitative estimate of drug-likeness (QED) is 0.821. The molecular formula is C16H27NO2. The predicted octanol–water partition coefficient (Wildman–Crippen LogP) is 2.90. The van der Waals surface area contributed by atoms with Crippen molar-refractivity contribution in [3.05, 3.63) is 0 Å². The van der Waals surface area contributed by atoms with Crippen molar-refractivity contribution in [3.63, 3.8) is 0 Å². The lowest BCUT2D eigenvalue weighted by atomic mass is 9.45. The summed E-state index contributed by atoms with van der Waals surface area (Å²) in [6, 6.07) is 0.103. The van der Waals surface area contributed by atoms with Crippen molar-refractivity contribution in [3.8, 4) is 0 Å². The largest absolute Gasteiger partial charge is 0.481 e. The van der Waals surface area contributed by atoms with Gasteiger partial charge in [0.05, 0.1) is 5.41 Å². The van der Waals surface area contributed by atoms with Crippen LogP contribution in [0.25, 0.3) is 0 Å². The van der Waals surface area contributed by atoms with Crippen molar-refractivity contribution >= 4 is 5.97 Å². The SMILES string of the molecule is CNC(C12CC3CC(CC(C3)C1)C2)C(C)(C)C(=O)O. The van der Waals surface area contributed by atoms with E-state index in [1.54, 1.807) is 0 Å². The summed E-state index contributed by atoms with van der Waals surface area (Å²) in [5, 5.41) is 13.0. The molecule has 4 bridgehead atoms. The molecule has 4 fully saturated rings. The van der Waals surface area contributed by atoms with Crippen LogP contribution in [0.2, 0.25) is 0 Å². The van der Waals surface area contributed by atoms with Crippen LogP contribution < -0.4 is 5.32 Å². The first-order chi connectivity index (χ1) is 8.87. The first kappa shape index (κ1) is 13.4. The maximum atomic E-state index is 11.7. The van der Waals surface area contributed by atoms with E-state index in [4.69, 9.17) is 0 Å². The number of carboxylic acid groups (broad SMARTS) is 1. The van der Waals surface area contributed by atoms with Gasteiger partial charge in [-0.3, -0.25) is 4.79 Å². The standard InChI is InChI=1S/C16H27NO2/c1-15(2,14(18)19)13(17-3)16-7-10-4-11(8-16)6-12(5-10)9-16/h10-13,17H,4-9H2,1-3H3,(H,18,19). The average molecular weight is 265 g/mol. The smallest absolute Gasteiger partial charge is 0.310 e. The number of hydrogen-bond acceptors (Lipinski definition) is 2. The van der Waals surface area contributed by atoms with Crippen molar-refractivity contribution in [2.75, 3.05) is 7.05 Å². The third kappa shape index (κ3) is 1.93. The lowest BCUT2D eigenvalue weighted by Crippen LogP contribution is -2.61. The van der Waals surface area contributed by atoms with Crippen LogP contribution in [0.4, 0.5) is 0 Å². The Hall–Kier alpha value is -0.570. The van der Waals surface area contributed by atoms with E-state index in [9.17, 15) is 9.90 Å². The molecular weight excluding hydrogens is 238 g/mol. The van der Waals surface area contributed by atoms with Gasteiger partial charge in [0, 0.05) is 6.04 Å². The summed E-state index contributed by atoms with van der Waals surface area (Å²) in [5.41, 5.74) is -0.439. The van der Waals surface area contributed by atoms with Crippen LogP contribution in [-0.4, -0.2) is 24.2 Å². The van der Waals surface area contributed by atoms with Gasteiger partial charge in [-0.1, -0.05) is 0 Å². The third-order valence-electron chi connectivity index (χ3n) is 6.26. The highest BCUT2D eigenvalue weighted by Gasteiger charge is 2.58. The van der Waals surface area contributed by atoms with Crippen LogP contribution in [0.1, 0.15) is 52.4 Å². The molecule has 0 heterocycles. The molecule has 0 radical (unpaired) electrons. The van der Waals surface area contributed by atoms with E-state index < -0.39 is 11.4 Å². The second-order valence-electron chi connectivity index (χ2n) is 8.03. The summed E-state index contributed by atoms with van der Waals surface area (Å²) in [4.78, 5) is 11.7. The van der Waals surface area contributed by atoms with Crippen LogP contribution in [0, 0.1) is 28.6 Å². The maximum Gasteiger partial charge on any atom is 0.310 e. The van der Waals surface area contributed by atoms with Gasteiger partial charge in [-0.15, -0.1) is 0 Å². The van der Waals surface area contributed by atoms with E-state index in [0.717, 1.165) is 17.8 Å². The topological polar surface area (TPSA) is 49.3 Å². The van der Waals surface area contributed by atoms with Gasteiger partial charge in [-0.05, 0) is 82.6 Å². The Bertz CT molecular complexity index is 353. The van der Waals surface area contributed by atoms with Crippen LogP contribution in [0.3, 0.4) is 0 Å². The molecule has 0 spiro atoms. The first-order valence-electron chi connectivity index (χ1n) is 7.78. The Morgan fingerprint density at radius 2 is 1.58 bits per heavy atom. The molecule has 19 heavy (non-hydrogen) atoms. The molecule has 4 aliphatic carbocycles. The van der Waals surface area contributed by atoms with E-state index in [2.05, 4.69) is 5.32 Å². The average Bonchev–Trinajstić information content (AvgIpc) is 2.26. The van der Waals surface area contributed by atoms with E-state index >= 15 is 0 Å². The summed E-state index contributed by atoms with van der Waals surface area (Å²) in [7, 11) is 1.95. The van der Waals surface area contributed by atoms with E-state index in [0.29, 0.717) is 0 Å². The lowest BCUT2D eigenvalue weighted by Gasteiger charge is -2.61. The molecule has 2 N–H and O–H groups in total. The fraction of sp³-hybridized carbons (Fsp3) is 0.938. The number of rotatable bonds is 4. The molecule has 0 aromatic rings. The van der Waals surface area contributed by atoms with Gasteiger partial charge in [0.15, 0.2) is 0 Å². The van der Waals surface area contributed by atoms with Crippen molar-refractivity contribution in [1.29, 1.82) is 0 Å². The van der Waals surface area contributed by atoms with Crippen LogP contribution in [0.15, 0.2) is 0 Å². The van der Waals surface area contributed by atoms with Gasteiger partial charge in [0.1, 0.15) is 0 Å². The fourth-order valence-electron chi connectivity index (χ4n) is 6.09. The molecule has 3 heteroatoms. The highest BCUT2D eigenvalue weighted by atomic mass is 16.4. The lowest BCUT2D eigenvalue weighted by molar-refractivity contribution is -0.157. The van der Waals surface area contributed by atoms with Gasteiger partial charge in [-0.2, -0.15) is 0 Å². The highest BCUT2D eigenvalue weighted by molar-refractivity contribution is 5.74. The van der Waals surface area contributed by atoms with Crippen LogP contribution >= 0.6 is 0 Å². The molecule has 4 rings (SSSR count). The zero-order chi connectivity index (χ0) is 13.8. The van der Waals surface area contributed by atoms with Crippen LogP contribution in [0.5, 0.6) is 0 Å². The predicted molar refractivity (Wildman–Crippen MR) is 74.9 cm³/mol. The maximum absolute atomic E-state index is 11.7. The first-order valence-corrected chi connectivity index (χ1v) is 7.78. The summed E-state index contributed by atoms with van der Waals surface area (Å²) in [5.74, 6) is 1.94. The Morgan fingerprint density at radius 3 is 1.89 bits per heavy atom. The summed E-state index contributed by atoms with van der Waals surface area (Å²) in [6.45, 7) is 3.80. The number of carbonyl (C=O) groups is 1. The normalized spacial score (nSPS) is 42.4. The van der Waals surface area contributed by atoms with Crippen molar-refractivity contribution < 1.29 is 9.90 Å². The van der Waals surface area contributed by atoms with Crippen molar-refractivity contribution in [2.45, 2.75) is 58.4 Å². The minimum absolute atomic E-state index is 0.103. The zero-order valence-corrected chi connectivity index (χ0v) is 12.4. The minimum Gasteiger partial charge on any atom is -0.481 e. The third-order valence-corrected chi connectivity index (χ3v) is 6.26. The van der Waals surface area contributed by atoms with Gasteiger partial charge in [0.2, 0.25) is 0 Å². The minimum atomic E-state index is -0.680. The molecule has 0 aromatic carbocycles. The van der Waals surface area contributed by atoms with E-state index in [1.165, 1.54) is 38.5 Å². The molecule has 0 saturated heterocycles. The van der Waals surface area contributed by atoms with Crippen molar-refractivity contribution in [1.82, 2.24) is 5.32 Å². The Morgan fingerprint density at radius 1 is 1.16 bits per heavy atom. The van der Waals surface area contributed by atoms with E-state index in [-0.39, 0.29) is 11.5 Å². The second kappa shape index (κ2) is 4.21. The number of hydrogen-bond donors (Lipinski definition) is 2. The second-order valence-corrected chi connectivity index (χ2v) is 8.03. The van der Waals surface area contributed by atoms with Gasteiger partial charge in [-0.25, -0.2) is 0 Å². The fourth-order valence-corrected chi connectivity index (χ4v) is 6.09. The Labute approximate surface area is 116 Å². The molecule has 108 valence electrons. The number of nitrogens with one attached hydrogen (secondary N) is 1. The van der Waals surface area contributed by atoms with Gasteiger partial charge >= 0.3 is 5.97 Å².